The fraction of sp³-hybridized carbons (Fsp3) is 0.800. The van der Waals surface area contributed by atoms with Crippen LogP contribution in [0.15, 0.2) is 0 Å². The molecule has 1 atom stereocenters. The molecule has 1 aliphatic carbocycles. The summed E-state index contributed by atoms with van der Waals surface area (Å²) >= 11 is 0. The molecule has 0 aromatic carbocycles. The standard InChI is InChI=1S/C10H17NO5S/c1-7(10(13)14)5-17(15,16)6-9(12)11-4-8-2-3-8/h7-8H,2-6H2,1H3,(H,11,12)(H,13,14). The van der Waals surface area contributed by atoms with E-state index in [9.17, 15) is 18.0 Å². The first-order chi connectivity index (χ1) is 7.80. The van der Waals surface area contributed by atoms with Gasteiger partial charge in [0.2, 0.25) is 5.91 Å². The minimum absolute atomic E-state index is 0.486. The molecule has 7 heteroatoms. The summed E-state index contributed by atoms with van der Waals surface area (Å²) in [6, 6.07) is 0. The molecule has 98 valence electrons. The Morgan fingerprint density at radius 3 is 2.47 bits per heavy atom. The molecule has 1 fully saturated rings. The van der Waals surface area contributed by atoms with Crippen molar-refractivity contribution in [2.24, 2.45) is 11.8 Å². The van der Waals surface area contributed by atoms with Gasteiger partial charge in [0, 0.05) is 6.54 Å². The number of carbonyl (C=O) groups is 2. The van der Waals surface area contributed by atoms with Crippen molar-refractivity contribution in [3.63, 3.8) is 0 Å². The predicted octanol–water partition coefficient (Wildman–Crippen LogP) is -0.352. The number of carboxylic acids is 1. The zero-order chi connectivity index (χ0) is 13.1. The summed E-state index contributed by atoms with van der Waals surface area (Å²) in [5, 5.41) is 11.1. The van der Waals surface area contributed by atoms with Gasteiger partial charge in [0.25, 0.3) is 0 Å². The lowest BCUT2D eigenvalue weighted by molar-refractivity contribution is -0.140. The summed E-state index contributed by atoms with van der Waals surface area (Å²) in [4.78, 5) is 21.8. The molecule has 0 aromatic heterocycles. The average Bonchev–Trinajstić information content (AvgIpc) is 2.96. The summed E-state index contributed by atoms with van der Waals surface area (Å²) in [5.41, 5.74) is 0. The Morgan fingerprint density at radius 1 is 1.41 bits per heavy atom. The molecule has 0 aromatic rings. The summed E-state index contributed by atoms with van der Waals surface area (Å²) in [6.07, 6.45) is 2.14. The highest BCUT2D eigenvalue weighted by atomic mass is 32.2. The van der Waals surface area contributed by atoms with Crippen molar-refractivity contribution >= 4 is 21.7 Å². The minimum atomic E-state index is -3.65. The molecule has 6 nitrogen and oxygen atoms in total. The maximum Gasteiger partial charge on any atom is 0.307 e. The Morgan fingerprint density at radius 2 is 2.00 bits per heavy atom. The molecule has 0 heterocycles. The second kappa shape index (κ2) is 5.48. The van der Waals surface area contributed by atoms with Crippen LogP contribution in [0.5, 0.6) is 0 Å². The molecule has 17 heavy (non-hydrogen) atoms. The maximum absolute atomic E-state index is 11.5. The molecule has 2 N–H and O–H groups in total. The average molecular weight is 263 g/mol. The number of carboxylic acid groups (broad SMARTS) is 1. The van der Waals surface area contributed by atoms with Crippen molar-refractivity contribution in [3.05, 3.63) is 0 Å². The molecule has 0 spiro atoms. The van der Waals surface area contributed by atoms with Crippen molar-refractivity contribution < 1.29 is 23.1 Å². The molecular weight excluding hydrogens is 246 g/mol. The first kappa shape index (κ1) is 14.0. The Balaban J connectivity index is 2.36. The SMILES string of the molecule is CC(CS(=O)(=O)CC(=O)NCC1CC1)C(=O)O. The lowest BCUT2D eigenvalue weighted by atomic mass is 10.2. The van der Waals surface area contributed by atoms with Crippen LogP contribution in [0, 0.1) is 11.8 Å². The summed E-state index contributed by atoms with van der Waals surface area (Å²) in [7, 11) is -3.65. The van der Waals surface area contributed by atoms with E-state index in [1.807, 2.05) is 0 Å². The summed E-state index contributed by atoms with van der Waals surface area (Å²) < 4.78 is 23.0. The van der Waals surface area contributed by atoms with E-state index >= 15 is 0 Å². The molecule has 0 aliphatic heterocycles. The van der Waals surface area contributed by atoms with E-state index < -0.39 is 39.1 Å². The number of aliphatic carboxylic acids is 1. The number of rotatable bonds is 7. The van der Waals surface area contributed by atoms with Crippen LogP contribution in [0.1, 0.15) is 19.8 Å². The van der Waals surface area contributed by atoms with E-state index in [1.165, 1.54) is 6.92 Å². The van der Waals surface area contributed by atoms with Crippen LogP contribution >= 0.6 is 0 Å². The highest BCUT2D eigenvalue weighted by molar-refractivity contribution is 7.92. The first-order valence-corrected chi connectivity index (χ1v) is 7.32. The predicted molar refractivity (Wildman–Crippen MR) is 61.2 cm³/mol. The Hall–Kier alpha value is -1.11. The van der Waals surface area contributed by atoms with Crippen molar-refractivity contribution in [3.8, 4) is 0 Å². The van der Waals surface area contributed by atoms with Gasteiger partial charge in [-0.15, -0.1) is 0 Å². The monoisotopic (exact) mass is 263 g/mol. The number of hydrogen-bond acceptors (Lipinski definition) is 4. The third-order valence-electron chi connectivity index (χ3n) is 2.56. The van der Waals surface area contributed by atoms with E-state index in [0.717, 1.165) is 12.8 Å². The summed E-state index contributed by atoms with van der Waals surface area (Å²) in [6.45, 7) is 1.82. The van der Waals surface area contributed by atoms with Crippen molar-refractivity contribution in [1.82, 2.24) is 5.32 Å². The van der Waals surface area contributed by atoms with Crippen LogP contribution in [-0.4, -0.2) is 43.5 Å². The number of nitrogens with one attached hydrogen (secondary N) is 1. The quantitative estimate of drug-likeness (QED) is 0.653. The van der Waals surface area contributed by atoms with Crippen molar-refractivity contribution in [1.29, 1.82) is 0 Å². The molecule has 1 unspecified atom stereocenters. The molecule has 0 saturated heterocycles. The zero-order valence-electron chi connectivity index (χ0n) is 9.68. The summed E-state index contributed by atoms with van der Waals surface area (Å²) in [5.74, 6) is -3.35. The van der Waals surface area contributed by atoms with Crippen molar-refractivity contribution in [2.45, 2.75) is 19.8 Å². The molecule has 1 amide bonds. The molecule has 1 rings (SSSR count). The van der Waals surface area contributed by atoms with E-state index in [0.29, 0.717) is 12.5 Å². The van der Waals surface area contributed by atoms with Crippen LogP contribution in [0.3, 0.4) is 0 Å². The zero-order valence-corrected chi connectivity index (χ0v) is 10.5. The Bertz CT molecular complexity index is 399. The van der Waals surface area contributed by atoms with E-state index in [2.05, 4.69) is 5.32 Å². The van der Waals surface area contributed by atoms with Gasteiger partial charge >= 0.3 is 5.97 Å². The number of sulfone groups is 1. The van der Waals surface area contributed by atoms with Crippen LogP contribution in [0.2, 0.25) is 0 Å². The lowest BCUT2D eigenvalue weighted by Crippen LogP contribution is -2.34. The third kappa shape index (κ3) is 5.67. The van der Waals surface area contributed by atoms with Crippen molar-refractivity contribution in [2.75, 3.05) is 18.1 Å². The largest absolute Gasteiger partial charge is 0.481 e. The molecule has 1 aliphatic rings. The third-order valence-corrected chi connectivity index (χ3v) is 4.27. The lowest BCUT2D eigenvalue weighted by Gasteiger charge is -2.08. The molecule has 1 saturated carbocycles. The van der Waals surface area contributed by atoms with Gasteiger partial charge in [-0.25, -0.2) is 8.42 Å². The number of carbonyl (C=O) groups excluding carboxylic acids is 1. The van der Waals surface area contributed by atoms with Crippen LogP contribution < -0.4 is 5.32 Å². The second-order valence-electron chi connectivity index (χ2n) is 4.54. The normalized spacial score (nSPS) is 17.5. The van der Waals surface area contributed by atoms with Gasteiger partial charge in [-0.05, 0) is 18.8 Å². The molecule has 0 bridgehead atoms. The van der Waals surface area contributed by atoms with Gasteiger partial charge in [0.15, 0.2) is 9.84 Å². The van der Waals surface area contributed by atoms with E-state index in [1.54, 1.807) is 0 Å². The molecule has 0 radical (unpaired) electrons. The van der Waals surface area contributed by atoms with Gasteiger partial charge in [0.05, 0.1) is 11.7 Å². The highest BCUT2D eigenvalue weighted by Crippen LogP contribution is 2.27. The van der Waals surface area contributed by atoms with E-state index in [-0.39, 0.29) is 0 Å². The van der Waals surface area contributed by atoms with Gasteiger partial charge < -0.3 is 10.4 Å². The van der Waals surface area contributed by atoms with Gasteiger partial charge in [-0.2, -0.15) is 0 Å². The second-order valence-corrected chi connectivity index (χ2v) is 6.65. The van der Waals surface area contributed by atoms with Gasteiger partial charge in [0.1, 0.15) is 5.75 Å². The highest BCUT2D eigenvalue weighted by Gasteiger charge is 2.25. The van der Waals surface area contributed by atoms with E-state index in [4.69, 9.17) is 5.11 Å². The number of hydrogen-bond donors (Lipinski definition) is 2. The van der Waals surface area contributed by atoms with Crippen LogP contribution in [-0.2, 0) is 19.4 Å². The Kier molecular flexibility index (Phi) is 4.50. The van der Waals surface area contributed by atoms with Crippen LogP contribution in [0.25, 0.3) is 0 Å². The Labute approximate surface area is 100 Å². The fourth-order valence-electron chi connectivity index (χ4n) is 1.34. The van der Waals surface area contributed by atoms with Gasteiger partial charge in [-0.3, -0.25) is 9.59 Å². The minimum Gasteiger partial charge on any atom is -0.481 e. The fourth-order valence-corrected chi connectivity index (χ4v) is 2.87. The number of amides is 1. The smallest absolute Gasteiger partial charge is 0.307 e. The first-order valence-electron chi connectivity index (χ1n) is 5.50. The topological polar surface area (TPSA) is 101 Å². The van der Waals surface area contributed by atoms with Gasteiger partial charge in [-0.1, -0.05) is 6.92 Å². The maximum atomic E-state index is 11.5. The van der Waals surface area contributed by atoms with Crippen LogP contribution in [0.4, 0.5) is 0 Å². The molecular formula is C10H17NO5S.